The molecule has 2 aromatic rings. The molecule has 4 aliphatic rings. The average molecular weight is 653 g/mol. The third-order valence-electron chi connectivity index (χ3n) is 8.68. The number of halogens is 4. The highest BCUT2D eigenvalue weighted by atomic mass is 79.9. The van der Waals surface area contributed by atoms with Gasteiger partial charge in [0.15, 0.2) is 9.75 Å². The van der Waals surface area contributed by atoms with E-state index in [1.54, 1.807) is 36.4 Å². The summed E-state index contributed by atoms with van der Waals surface area (Å²) in [5.74, 6) is -5.46. The van der Waals surface area contributed by atoms with Gasteiger partial charge in [0, 0.05) is 16.5 Å². The van der Waals surface area contributed by atoms with E-state index in [2.05, 4.69) is 15.9 Å². The van der Waals surface area contributed by atoms with Crippen LogP contribution >= 0.6 is 50.7 Å². The van der Waals surface area contributed by atoms with Gasteiger partial charge in [-0.3, -0.25) is 24.1 Å². The summed E-state index contributed by atoms with van der Waals surface area (Å²) < 4.78 is 0. The lowest BCUT2D eigenvalue weighted by Gasteiger charge is -2.50. The number of nitrogens with zero attached hydrogens (tertiary/aromatic N) is 2. The monoisotopic (exact) mass is 650 g/mol. The fourth-order valence-electron chi connectivity index (χ4n) is 6.81. The van der Waals surface area contributed by atoms with Crippen LogP contribution in [0.15, 0.2) is 54.1 Å². The second kappa shape index (κ2) is 9.06. The largest absolute Gasteiger partial charge is 0.508 e. The number of aryl methyl sites for hydroxylation is 1. The van der Waals surface area contributed by atoms with Gasteiger partial charge in [-0.05, 0) is 49.4 Å². The van der Waals surface area contributed by atoms with Crippen LogP contribution in [0.5, 0.6) is 5.75 Å². The molecule has 7 nitrogen and oxygen atoms in total. The zero-order valence-corrected chi connectivity index (χ0v) is 24.4. The number of phenolic OH excluding ortho intramolecular Hbond substituents is 1. The van der Waals surface area contributed by atoms with Crippen LogP contribution in [0.4, 0.5) is 5.69 Å². The summed E-state index contributed by atoms with van der Waals surface area (Å²) in [7, 11) is 0. The number of hydrogen-bond donors (Lipinski definition) is 1. The number of likely N-dealkylation sites (tertiary alicyclic amines) is 1. The van der Waals surface area contributed by atoms with E-state index in [9.17, 15) is 24.3 Å². The van der Waals surface area contributed by atoms with Crippen molar-refractivity contribution in [3.63, 3.8) is 0 Å². The van der Waals surface area contributed by atoms with Gasteiger partial charge < -0.3 is 5.11 Å². The molecule has 11 heteroatoms. The highest BCUT2D eigenvalue weighted by molar-refractivity contribution is 9.09. The highest BCUT2D eigenvalue weighted by Gasteiger charge is 2.76. The Balaban J connectivity index is 1.52. The number of rotatable bonds is 3. The SMILES string of the molecule is Cc1ccc(N2C(=O)C3CC=C4C(CC5(Cl)C(=O)N(CBr)C(=O)C5(Cl)C4c4ccccc4O)C3C2=O)cc1Cl. The molecular formula is C28H22BrCl3N2O5. The predicted molar refractivity (Wildman–Crippen MR) is 150 cm³/mol. The van der Waals surface area contributed by atoms with Gasteiger partial charge in [-0.15, -0.1) is 23.2 Å². The molecule has 6 unspecified atom stereocenters. The lowest BCUT2D eigenvalue weighted by Crippen LogP contribution is -2.60. The van der Waals surface area contributed by atoms with Gasteiger partial charge in [0.05, 0.1) is 23.0 Å². The first-order valence-electron chi connectivity index (χ1n) is 12.4. The Labute approximate surface area is 247 Å². The van der Waals surface area contributed by atoms with Crippen molar-refractivity contribution in [2.75, 3.05) is 10.4 Å². The van der Waals surface area contributed by atoms with Gasteiger partial charge in [-0.1, -0.05) is 63.4 Å². The Bertz CT molecular complexity index is 1510. The number of anilines is 1. The number of allylic oxidation sites excluding steroid dienone is 2. The first kappa shape index (κ1) is 26.8. The maximum absolute atomic E-state index is 14.0. The number of fused-ring (bicyclic) bond motifs is 4. The fraction of sp³-hybridized carbons (Fsp3) is 0.357. The van der Waals surface area contributed by atoms with Crippen molar-refractivity contribution in [1.29, 1.82) is 0 Å². The topological polar surface area (TPSA) is 95.0 Å². The summed E-state index contributed by atoms with van der Waals surface area (Å²) in [6.45, 7) is 1.82. The quantitative estimate of drug-likeness (QED) is 0.211. The molecular weight excluding hydrogens is 631 g/mol. The van der Waals surface area contributed by atoms with Crippen molar-refractivity contribution in [1.82, 2.24) is 4.90 Å². The van der Waals surface area contributed by atoms with Gasteiger partial charge in [-0.2, -0.15) is 0 Å². The molecule has 202 valence electrons. The van der Waals surface area contributed by atoms with E-state index in [1.807, 2.05) is 13.0 Å². The molecule has 1 N–H and O–H groups in total. The predicted octanol–water partition coefficient (Wildman–Crippen LogP) is 5.27. The van der Waals surface area contributed by atoms with Crippen LogP contribution in [0.2, 0.25) is 5.02 Å². The number of hydrogen-bond acceptors (Lipinski definition) is 5. The van der Waals surface area contributed by atoms with Crippen LogP contribution in [0.3, 0.4) is 0 Å². The molecule has 6 rings (SSSR count). The van der Waals surface area contributed by atoms with E-state index in [1.165, 1.54) is 6.07 Å². The maximum atomic E-state index is 14.0. The smallest absolute Gasteiger partial charge is 0.254 e. The van der Waals surface area contributed by atoms with Crippen LogP contribution in [0.1, 0.15) is 29.9 Å². The van der Waals surface area contributed by atoms with Crippen molar-refractivity contribution < 1.29 is 24.3 Å². The minimum absolute atomic E-state index is 0.115. The number of benzene rings is 2. The number of carbonyl (C=O) groups is 4. The molecule has 39 heavy (non-hydrogen) atoms. The van der Waals surface area contributed by atoms with Crippen molar-refractivity contribution in [2.45, 2.75) is 35.4 Å². The zero-order valence-electron chi connectivity index (χ0n) is 20.5. The van der Waals surface area contributed by atoms with Gasteiger partial charge in [0.25, 0.3) is 11.8 Å². The number of carbonyl (C=O) groups excluding carboxylic acids is 4. The summed E-state index contributed by atoms with van der Waals surface area (Å²) in [5, 5.41) is 11.3. The summed E-state index contributed by atoms with van der Waals surface area (Å²) >= 11 is 23.8. The second-order valence-corrected chi connectivity index (χ2v) is 12.6. The van der Waals surface area contributed by atoms with Crippen LogP contribution in [0.25, 0.3) is 0 Å². The Hall–Kier alpha value is -2.39. The first-order valence-corrected chi connectivity index (χ1v) is 14.6. The Kier molecular flexibility index (Phi) is 6.23. The molecule has 2 aliphatic heterocycles. The number of amides is 4. The number of alkyl halides is 3. The maximum Gasteiger partial charge on any atom is 0.254 e. The molecule has 4 amide bonds. The number of aromatic hydroxyl groups is 1. The minimum Gasteiger partial charge on any atom is -0.508 e. The van der Waals surface area contributed by atoms with Crippen molar-refractivity contribution in [3.05, 3.63) is 70.3 Å². The number of para-hydroxylation sites is 1. The van der Waals surface area contributed by atoms with Crippen molar-refractivity contribution in [3.8, 4) is 5.75 Å². The average Bonchev–Trinajstić information content (AvgIpc) is 3.24. The molecule has 0 radical (unpaired) electrons. The van der Waals surface area contributed by atoms with Crippen LogP contribution < -0.4 is 4.90 Å². The van der Waals surface area contributed by atoms with E-state index >= 15 is 0 Å². The summed E-state index contributed by atoms with van der Waals surface area (Å²) in [6.07, 6.45) is 1.94. The summed E-state index contributed by atoms with van der Waals surface area (Å²) in [6, 6.07) is 11.4. The van der Waals surface area contributed by atoms with E-state index in [4.69, 9.17) is 34.8 Å². The van der Waals surface area contributed by atoms with Gasteiger partial charge in [0.2, 0.25) is 11.8 Å². The van der Waals surface area contributed by atoms with E-state index in [0.29, 0.717) is 21.8 Å². The summed E-state index contributed by atoms with van der Waals surface area (Å²) in [4.78, 5) is 53.2. The Morgan fingerprint density at radius 1 is 1.03 bits per heavy atom. The zero-order chi connectivity index (χ0) is 28.0. The van der Waals surface area contributed by atoms with E-state index < -0.39 is 51.1 Å². The fourth-order valence-corrected chi connectivity index (χ4v) is 8.40. The van der Waals surface area contributed by atoms with Crippen LogP contribution in [-0.2, 0) is 19.2 Å². The third-order valence-corrected chi connectivity index (χ3v) is 11.0. The lowest BCUT2D eigenvalue weighted by molar-refractivity contribution is -0.138. The minimum atomic E-state index is -1.96. The molecule has 0 aromatic heterocycles. The molecule has 0 bridgehead atoms. The number of phenols is 1. The van der Waals surface area contributed by atoms with Gasteiger partial charge in [-0.25, -0.2) is 4.90 Å². The van der Waals surface area contributed by atoms with Crippen LogP contribution in [0, 0.1) is 24.7 Å². The molecule has 2 aliphatic carbocycles. The highest BCUT2D eigenvalue weighted by Crippen LogP contribution is 2.66. The molecule has 1 saturated carbocycles. The Morgan fingerprint density at radius 3 is 2.41 bits per heavy atom. The molecule has 2 saturated heterocycles. The van der Waals surface area contributed by atoms with E-state index in [-0.39, 0.29) is 30.0 Å². The third kappa shape index (κ3) is 3.41. The molecule has 2 heterocycles. The van der Waals surface area contributed by atoms with E-state index in [0.717, 1.165) is 15.4 Å². The molecule has 0 spiro atoms. The normalized spacial score (nSPS) is 33.7. The van der Waals surface area contributed by atoms with Crippen LogP contribution in [-0.4, -0.2) is 48.8 Å². The number of imide groups is 2. The van der Waals surface area contributed by atoms with Gasteiger partial charge in [0.1, 0.15) is 5.75 Å². The van der Waals surface area contributed by atoms with Gasteiger partial charge >= 0.3 is 0 Å². The standard InChI is InChI=1S/C28H22BrCl3N2O5/c1-13-6-7-14(10-19(13)30)34-23(36)17-9-8-15-18(21(17)24(34)37)11-27(31)25(38)33(12-29)26(39)28(27,32)22(15)16-4-2-3-5-20(16)35/h2-8,10,17-18,21-22,35H,9,11-12H2,1H3. The Morgan fingerprint density at radius 2 is 1.74 bits per heavy atom. The summed E-state index contributed by atoms with van der Waals surface area (Å²) in [5.41, 5.74) is 2.00. The van der Waals surface area contributed by atoms with Crippen molar-refractivity contribution in [2.24, 2.45) is 17.8 Å². The second-order valence-electron chi connectivity index (χ2n) is 10.5. The first-order chi connectivity index (χ1) is 18.5. The lowest BCUT2D eigenvalue weighted by atomic mass is 9.56. The van der Waals surface area contributed by atoms with Crippen molar-refractivity contribution >= 4 is 80.0 Å². The molecule has 3 fully saturated rings. The molecule has 2 aromatic carbocycles. The molecule has 6 atom stereocenters.